The molecule has 2 saturated heterocycles. The highest BCUT2D eigenvalue weighted by Crippen LogP contribution is 2.34. The van der Waals surface area contributed by atoms with E-state index in [0.717, 1.165) is 18.8 Å². The molecule has 3 rings (SSSR count). The van der Waals surface area contributed by atoms with E-state index in [9.17, 15) is 13.2 Å². The molecule has 104 valence electrons. The number of hydrogen-bond donors (Lipinski definition) is 0. The van der Waals surface area contributed by atoms with E-state index in [4.69, 9.17) is 0 Å². The molecule has 0 aromatic carbocycles. The molecule has 1 aromatic rings. The number of hydrogen-bond acceptors (Lipinski definition) is 3. The number of alkyl halides is 3. The molecule has 2 atom stereocenters. The van der Waals surface area contributed by atoms with Crippen molar-refractivity contribution in [2.45, 2.75) is 6.18 Å². The lowest BCUT2D eigenvalue weighted by Crippen LogP contribution is -2.35. The standard InChI is InChI=1S/C13H16F3N3/c14-13(15,16)9-18-5-10-7-19(8-11(10)6-18)12-1-3-17-4-2-12/h1-4,10-11H,5-9H2. The van der Waals surface area contributed by atoms with Crippen molar-refractivity contribution in [3.8, 4) is 0 Å². The number of fused-ring (bicyclic) bond motifs is 1. The maximum Gasteiger partial charge on any atom is 0.401 e. The second-order valence-corrected chi connectivity index (χ2v) is 5.44. The molecule has 0 N–H and O–H groups in total. The van der Waals surface area contributed by atoms with Gasteiger partial charge in [0.25, 0.3) is 0 Å². The summed E-state index contributed by atoms with van der Waals surface area (Å²) in [5.74, 6) is 0.714. The fourth-order valence-electron chi connectivity index (χ4n) is 3.24. The molecule has 0 saturated carbocycles. The van der Waals surface area contributed by atoms with E-state index in [1.165, 1.54) is 0 Å². The van der Waals surface area contributed by atoms with Crippen molar-refractivity contribution in [1.29, 1.82) is 0 Å². The molecule has 2 aliphatic heterocycles. The van der Waals surface area contributed by atoms with E-state index in [0.29, 0.717) is 24.9 Å². The van der Waals surface area contributed by atoms with Gasteiger partial charge < -0.3 is 4.90 Å². The zero-order valence-electron chi connectivity index (χ0n) is 10.5. The molecular formula is C13H16F3N3. The van der Waals surface area contributed by atoms with Crippen LogP contribution in [0.2, 0.25) is 0 Å². The highest BCUT2D eigenvalue weighted by molar-refractivity contribution is 5.46. The van der Waals surface area contributed by atoms with Crippen LogP contribution in [-0.2, 0) is 0 Å². The van der Waals surface area contributed by atoms with Crippen LogP contribution in [0.25, 0.3) is 0 Å². The monoisotopic (exact) mass is 271 g/mol. The third-order valence-corrected chi connectivity index (χ3v) is 3.99. The quantitative estimate of drug-likeness (QED) is 0.820. The number of pyridine rings is 1. The van der Waals surface area contributed by atoms with Gasteiger partial charge in [-0.25, -0.2) is 0 Å². The van der Waals surface area contributed by atoms with Gasteiger partial charge in [-0.05, 0) is 24.0 Å². The second kappa shape index (κ2) is 4.67. The lowest BCUT2D eigenvalue weighted by atomic mass is 10.0. The average molecular weight is 271 g/mol. The maximum atomic E-state index is 12.4. The molecule has 19 heavy (non-hydrogen) atoms. The zero-order chi connectivity index (χ0) is 13.5. The van der Waals surface area contributed by atoms with Crippen molar-refractivity contribution < 1.29 is 13.2 Å². The summed E-state index contributed by atoms with van der Waals surface area (Å²) in [5.41, 5.74) is 1.12. The first-order valence-corrected chi connectivity index (χ1v) is 6.45. The number of halogens is 3. The first kappa shape index (κ1) is 12.7. The van der Waals surface area contributed by atoms with Gasteiger partial charge >= 0.3 is 6.18 Å². The number of likely N-dealkylation sites (tertiary alicyclic amines) is 1. The van der Waals surface area contributed by atoms with Crippen LogP contribution in [0.3, 0.4) is 0 Å². The van der Waals surface area contributed by atoms with Crippen LogP contribution < -0.4 is 4.90 Å². The Morgan fingerprint density at radius 3 is 2.16 bits per heavy atom. The van der Waals surface area contributed by atoms with Crippen molar-refractivity contribution >= 4 is 5.69 Å². The summed E-state index contributed by atoms with van der Waals surface area (Å²) in [7, 11) is 0. The van der Waals surface area contributed by atoms with Gasteiger partial charge in [0.05, 0.1) is 6.54 Å². The summed E-state index contributed by atoms with van der Waals surface area (Å²) >= 11 is 0. The van der Waals surface area contributed by atoms with Crippen LogP contribution in [0, 0.1) is 11.8 Å². The Balaban J connectivity index is 1.59. The molecule has 2 unspecified atom stereocenters. The van der Waals surface area contributed by atoms with E-state index in [1.807, 2.05) is 12.1 Å². The van der Waals surface area contributed by atoms with Gasteiger partial charge in [0.2, 0.25) is 0 Å². The molecule has 0 radical (unpaired) electrons. The fourth-order valence-corrected chi connectivity index (χ4v) is 3.24. The van der Waals surface area contributed by atoms with Crippen LogP contribution in [0.5, 0.6) is 0 Å². The topological polar surface area (TPSA) is 19.4 Å². The lowest BCUT2D eigenvalue weighted by molar-refractivity contribution is -0.144. The molecule has 0 aliphatic carbocycles. The zero-order valence-corrected chi connectivity index (χ0v) is 10.5. The Hall–Kier alpha value is -1.30. The van der Waals surface area contributed by atoms with Crippen LogP contribution in [0.4, 0.5) is 18.9 Å². The molecule has 2 aliphatic rings. The van der Waals surface area contributed by atoms with E-state index in [2.05, 4.69) is 9.88 Å². The van der Waals surface area contributed by atoms with E-state index in [1.54, 1.807) is 17.3 Å². The van der Waals surface area contributed by atoms with Crippen molar-refractivity contribution in [3.05, 3.63) is 24.5 Å². The van der Waals surface area contributed by atoms with Gasteiger partial charge in [0.1, 0.15) is 0 Å². The van der Waals surface area contributed by atoms with Crippen molar-refractivity contribution in [3.63, 3.8) is 0 Å². The van der Waals surface area contributed by atoms with Crippen molar-refractivity contribution in [1.82, 2.24) is 9.88 Å². The van der Waals surface area contributed by atoms with Gasteiger partial charge in [-0.2, -0.15) is 13.2 Å². The molecule has 3 heterocycles. The Morgan fingerprint density at radius 2 is 1.63 bits per heavy atom. The van der Waals surface area contributed by atoms with Crippen LogP contribution in [-0.4, -0.2) is 48.8 Å². The Labute approximate surface area is 110 Å². The van der Waals surface area contributed by atoms with E-state index >= 15 is 0 Å². The maximum absolute atomic E-state index is 12.4. The molecule has 0 amide bonds. The highest BCUT2D eigenvalue weighted by atomic mass is 19.4. The minimum atomic E-state index is -4.08. The number of aromatic nitrogens is 1. The van der Waals surface area contributed by atoms with Gasteiger partial charge in [-0.1, -0.05) is 0 Å². The summed E-state index contributed by atoms with van der Waals surface area (Å²) in [6, 6.07) is 3.91. The van der Waals surface area contributed by atoms with Crippen LogP contribution in [0.1, 0.15) is 0 Å². The predicted molar refractivity (Wildman–Crippen MR) is 65.9 cm³/mol. The second-order valence-electron chi connectivity index (χ2n) is 5.44. The third kappa shape index (κ3) is 2.83. The average Bonchev–Trinajstić information content (AvgIpc) is 2.85. The molecule has 0 spiro atoms. The molecular weight excluding hydrogens is 255 g/mol. The number of nitrogens with zero attached hydrogens (tertiary/aromatic N) is 3. The molecule has 0 bridgehead atoms. The van der Waals surface area contributed by atoms with Gasteiger partial charge in [-0.15, -0.1) is 0 Å². The Morgan fingerprint density at radius 1 is 1.05 bits per heavy atom. The van der Waals surface area contributed by atoms with Gasteiger partial charge in [-0.3, -0.25) is 9.88 Å². The van der Waals surface area contributed by atoms with Gasteiger partial charge in [0.15, 0.2) is 0 Å². The van der Waals surface area contributed by atoms with Gasteiger partial charge in [0, 0.05) is 44.3 Å². The van der Waals surface area contributed by atoms with Crippen molar-refractivity contribution in [2.75, 3.05) is 37.6 Å². The minimum Gasteiger partial charge on any atom is -0.371 e. The van der Waals surface area contributed by atoms with E-state index < -0.39 is 12.7 Å². The number of rotatable bonds is 2. The largest absolute Gasteiger partial charge is 0.401 e. The summed E-state index contributed by atoms with van der Waals surface area (Å²) in [6.07, 6.45) is -0.581. The Kier molecular flexibility index (Phi) is 3.12. The normalized spacial score (nSPS) is 27.8. The van der Waals surface area contributed by atoms with Crippen LogP contribution in [0.15, 0.2) is 24.5 Å². The SMILES string of the molecule is FC(F)(F)CN1CC2CN(c3ccncc3)CC2C1. The number of anilines is 1. The third-order valence-electron chi connectivity index (χ3n) is 3.99. The lowest BCUT2D eigenvalue weighted by Gasteiger charge is -2.23. The minimum absolute atomic E-state index is 0.357. The highest BCUT2D eigenvalue weighted by Gasteiger charge is 2.43. The molecule has 3 nitrogen and oxygen atoms in total. The summed E-state index contributed by atoms with van der Waals surface area (Å²) < 4.78 is 37.1. The molecule has 2 fully saturated rings. The summed E-state index contributed by atoms with van der Waals surface area (Å²) in [6.45, 7) is 2.05. The smallest absolute Gasteiger partial charge is 0.371 e. The first-order valence-electron chi connectivity index (χ1n) is 6.45. The summed E-state index contributed by atoms with van der Waals surface area (Å²) in [4.78, 5) is 7.77. The summed E-state index contributed by atoms with van der Waals surface area (Å²) in [5, 5.41) is 0. The van der Waals surface area contributed by atoms with E-state index in [-0.39, 0.29) is 0 Å². The fraction of sp³-hybridized carbons (Fsp3) is 0.615. The van der Waals surface area contributed by atoms with Crippen molar-refractivity contribution in [2.24, 2.45) is 11.8 Å². The van der Waals surface area contributed by atoms with Crippen LogP contribution >= 0.6 is 0 Å². The predicted octanol–water partition coefficient (Wildman–Crippen LogP) is 2.01. The molecule has 1 aromatic heterocycles. The Bertz CT molecular complexity index is 421. The molecule has 6 heteroatoms. The first-order chi connectivity index (χ1) is 9.01.